The molecule has 0 heterocycles. The molecule has 0 bridgehead atoms. The Morgan fingerprint density at radius 3 is 0.870 bits per heavy atom. The van der Waals surface area contributed by atoms with Crippen molar-refractivity contribution in [3.63, 3.8) is 0 Å². The smallest absolute Gasteiger partial charge is 0.547 e. The molecule has 0 aromatic heterocycles. The predicted molar refractivity (Wildman–Crippen MR) is 346 cm³/mol. The Hall–Kier alpha value is -6.54. The second kappa shape index (κ2) is 41.2. The Morgan fingerprint density at radius 1 is 0.348 bits per heavy atom. The number of amides is 2. The van der Waals surface area contributed by atoms with E-state index in [4.69, 9.17) is 29.2 Å². The van der Waals surface area contributed by atoms with Crippen molar-refractivity contribution in [2.24, 2.45) is 0 Å². The Balaban J connectivity index is 0.000000327. The van der Waals surface area contributed by atoms with Gasteiger partial charge in [0.25, 0.3) is 11.8 Å². The number of aryl methyl sites for hydroxylation is 4. The van der Waals surface area contributed by atoms with E-state index in [-0.39, 0.29) is 72.3 Å². The fourth-order valence-electron chi connectivity index (χ4n) is 11.0. The molecule has 0 aliphatic carbocycles. The number of carboxylic acids is 4. The zero-order chi connectivity index (χ0) is 64.0. The van der Waals surface area contributed by atoms with Crippen molar-refractivity contribution in [1.82, 2.24) is 9.80 Å². The summed E-state index contributed by atoms with van der Waals surface area (Å²) in [5.74, 6) is -7.20. The fraction of sp³-hybridized carbons (Fsp3) is 0.378. The molecule has 8 aromatic carbocycles. The molecule has 0 spiro atoms. The summed E-state index contributed by atoms with van der Waals surface area (Å²) in [4.78, 5) is 75.5. The zero-order valence-electron chi connectivity index (χ0n) is 53.7. The van der Waals surface area contributed by atoms with Crippen LogP contribution in [-0.4, -0.2) is 134 Å². The first-order valence-electron chi connectivity index (χ1n) is 31.4. The van der Waals surface area contributed by atoms with E-state index in [1.165, 1.54) is 75.1 Å². The largest absolute Gasteiger partial charge is 1.00 e. The first-order chi connectivity index (χ1) is 43.6. The van der Waals surface area contributed by atoms with Crippen LogP contribution in [0.3, 0.4) is 0 Å². The second-order valence-corrected chi connectivity index (χ2v) is 23.0. The van der Waals surface area contributed by atoms with Crippen LogP contribution in [0.25, 0.3) is 43.1 Å². The van der Waals surface area contributed by atoms with Crippen LogP contribution in [0.5, 0.6) is 0 Å². The Kier molecular flexibility index (Phi) is 34.1. The van der Waals surface area contributed by atoms with E-state index >= 15 is 0 Å². The maximum atomic E-state index is 13.3. The molecule has 92 heavy (non-hydrogen) atoms. The average Bonchev–Trinajstić information content (AvgIpc) is 1.62. The molecule has 4 atom stereocenters. The van der Waals surface area contributed by atoms with Gasteiger partial charge in [-0.1, -0.05) is 196 Å². The standard InChI is InChI=1S/2C37H43NO7.2Na/c2*1-38(22-10-2-4-12-27-18-20-29-14-6-8-16-31(29)24-27)36(41)34(35(37(42)43)45-26-33(39)40)44-23-11-3-5-13-28-19-21-30-15-7-9-17-32(30)25-28;;/h2*6-9,14-21,24-25,34-35H,2-5,10-13,22-23,26H2,1H3,(H,39,40)(H,42,43);;/q;;2*+1/p-2/t2*34-,35-;;/m11../s1. The van der Waals surface area contributed by atoms with Crippen molar-refractivity contribution >= 4 is 78.8 Å². The van der Waals surface area contributed by atoms with Gasteiger partial charge >= 0.3 is 71.1 Å². The van der Waals surface area contributed by atoms with E-state index in [2.05, 4.69) is 121 Å². The SMILES string of the molecule is CN(CCCCCc1ccc2ccccc2c1)C(=O)[C@H](OCCCCCc1ccc2ccccc2c1)[C@@H](OCC(=O)O)C(=O)[O-].CN(CCCCCc1ccc2ccccc2c1)C(=O)[C@H](OCCCCCc1ccc2ccccc2c1)[C@@H](OCC(=O)O)C(=O)[O-].[Na+].[Na+]. The third-order valence-electron chi connectivity index (χ3n) is 16.0. The molecule has 0 radical (unpaired) electrons. The van der Waals surface area contributed by atoms with Gasteiger partial charge < -0.3 is 58.8 Å². The molecule has 2 N–H and O–H groups in total. The number of carboxylic acid groups (broad SMARTS) is 4. The third-order valence-corrected chi connectivity index (χ3v) is 16.0. The van der Waals surface area contributed by atoms with Crippen LogP contribution in [0.2, 0.25) is 0 Å². The minimum atomic E-state index is -1.83. The minimum absolute atomic E-state index is 0. The Bertz CT molecular complexity index is 3390. The Morgan fingerprint density at radius 2 is 0.609 bits per heavy atom. The van der Waals surface area contributed by atoms with Crippen LogP contribution >= 0.6 is 0 Å². The van der Waals surface area contributed by atoms with Crippen LogP contribution < -0.4 is 69.3 Å². The summed E-state index contributed by atoms with van der Waals surface area (Å²) in [7, 11) is 3.18. The number of rotatable bonds is 38. The first kappa shape index (κ1) is 76.2. The quantitative estimate of drug-likeness (QED) is 0.0405. The molecular weight excluding hydrogens is 1190 g/mol. The number of carbonyl (C=O) groups is 6. The molecule has 0 aliphatic heterocycles. The summed E-state index contributed by atoms with van der Waals surface area (Å²) < 4.78 is 21.7. The van der Waals surface area contributed by atoms with Gasteiger partial charge in [0.15, 0.2) is 12.2 Å². The van der Waals surface area contributed by atoms with Gasteiger partial charge in [-0.2, -0.15) is 0 Å². The molecule has 0 saturated heterocycles. The van der Waals surface area contributed by atoms with Crippen LogP contribution in [-0.2, 0) is 73.4 Å². The maximum absolute atomic E-state index is 13.3. The molecule has 476 valence electrons. The predicted octanol–water partition coefficient (Wildman–Crippen LogP) is 4.37. The number of likely N-dealkylation sites (N-methyl/N-ethyl adjacent to an activating group) is 2. The molecule has 16 nitrogen and oxygen atoms in total. The first-order valence-corrected chi connectivity index (χ1v) is 31.4. The van der Waals surface area contributed by atoms with Gasteiger partial charge in [0.2, 0.25) is 0 Å². The van der Waals surface area contributed by atoms with Crippen molar-refractivity contribution in [1.29, 1.82) is 0 Å². The van der Waals surface area contributed by atoms with E-state index in [1.54, 1.807) is 14.1 Å². The number of unbranched alkanes of at least 4 members (excludes halogenated alkanes) is 8. The van der Waals surface area contributed by atoms with E-state index in [0.717, 1.165) is 89.9 Å². The number of ether oxygens (including phenoxy) is 4. The summed E-state index contributed by atoms with van der Waals surface area (Å²) in [6, 6.07) is 58.7. The average molecular weight is 1270 g/mol. The third kappa shape index (κ3) is 25.4. The number of carbonyl (C=O) groups excluding carboxylic acids is 4. The number of nitrogens with zero attached hydrogens (tertiary/aromatic N) is 2. The van der Waals surface area contributed by atoms with Crippen LogP contribution in [0.4, 0.5) is 0 Å². The molecule has 8 rings (SSSR count). The van der Waals surface area contributed by atoms with Crippen molar-refractivity contribution < 1.29 is 127 Å². The van der Waals surface area contributed by atoms with Crippen molar-refractivity contribution in [2.75, 3.05) is 53.6 Å². The topological polar surface area (TPSA) is 232 Å². The number of hydrogen-bond donors (Lipinski definition) is 2. The molecule has 0 saturated carbocycles. The molecule has 2 amide bonds. The summed E-state index contributed by atoms with van der Waals surface area (Å²) in [5.41, 5.74) is 4.99. The van der Waals surface area contributed by atoms with E-state index < -0.39 is 73.3 Å². The van der Waals surface area contributed by atoms with Gasteiger partial charge in [0.1, 0.15) is 25.4 Å². The van der Waals surface area contributed by atoms with Gasteiger partial charge in [0, 0.05) is 40.4 Å². The van der Waals surface area contributed by atoms with E-state index in [9.17, 15) is 39.0 Å². The number of aliphatic carboxylic acids is 4. The van der Waals surface area contributed by atoms with Crippen molar-refractivity contribution in [3.05, 3.63) is 192 Å². The zero-order valence-corrected chi connectivity index (χ0v) is 57.7. The normalized spacial score (nSPS) is 12.4. The number of benzene rings is 8. The maximum Gasteiger partial charge on any atom is 1.00 e. The van der Waals surface area contributed by atoms with E-state index in [0.29, 0.717) is 25.9 Å². The molecule has 0 unspecified atom stereocenters. The molecule has 8 aromatic rings. The van der Waals surface area contributed by atoms with Crippen LogP contribution in [0.1, 0.15) is 99.3 Å². The monoisotopic (exact) mass is 1270 g/mol. The molecule has 0 fully saturated rings. The second-order valence-electron chi connectivity index (χ2n) is 23.0. The van der Waals surface area contributed by atoms with E-state index in [1.807, 2.05) is 48.5 Å². The minimum Gasteiger partial charge on any atom is -0.547 e. The molecular formula is C74H84N2Na2O14. The van der Waals surface area contributed by atoms with Gasteiger partial charge in [-0.05, 0) is 142 Å². The molecule has 18 heteroatoms. The summed E-state index contributed by atoms with van der Waals surface area (Å²) in [5, 5.41) is 51.5. The summed E-state index contributed by atoms with van der Waals surface area (Å²) in [6.07, 6.45) is 6.70. The van der Waals surface area contributed by atoms with Crippen LogP contribution in [0.15, 0.2) is 170 Å². The summed E-state index contributed by atoms with van der Waals surface area (Å²) in [6.45, 7) is -0.685. The van der Waals surface area contributed by atoms with Crippen molar-refractivity contribution in [3.8, 4) is 0 Å². The summed E-state index contributed by atoms with van der Waals surface area (Å²) >= 11 is 0. The van der Waals surface area contributed by atoms with Gasteiger partial charge in [-0.15, -0.1) is 0 Å². The van der Waals surface area contributed by atoms with Gasteiger partial charge in [0.05, 0.1) is 11.9 Å². The van der Waals surface area contributed by atoms with Gasteiger partial charge in [-0.25, -0.2) is 9.59 Å². The fourth-order valence-corrected chi connectivity index (χ4v) is 11.0. The van der Waals surface area contributed by atoms with Crippen molar-refractivity contribution in [2.45, 2.75) is 127 Å². The number of hydrogen-bond acceptors (Lipinski definition) is 12. The molecule has 0 aliphatic rings. The number of fused-ring (bicyclic) bond motifs is 4. The Labute approximate surface area is 584 Å². The van der Waals surface area contributed by atoms with Crippen LogP contribution in [0, 0.1) is 0 Å². The van der Waals surface area contributed by atoms with Gasteiger partial charge in [-0.3, -0.25) is 9.59 Å².